The summed E-state index contributed by atoms with van der Waals surface area (Å²) in [6.45, 7) is 6.85. The van der Waals surface area contributed by atoms with Gasteiger partial charge in [0.1, 0.15) is 57.9 Å². The van der Waals surface area contributed by atoms with Gasteiger partial charge in [0.2, 0.25) is 0 Å². The molecule has 0 aliphatic carbocycles. The average molecular weight is 530 g/mol. The predicted octanol–water partition coefficient (Wildman–Crippen LogP) is 4.92. The standard InChI is InChI=1S/C28H22F3N7O/c1-4-17(29)13-20(5-2)38-27(37-23-8-6-7-22(31)24(23)28(38)39)16(3)36-26-21(25(32)34-15-35-26)12-11-19-10-9-18(30)14-33-19/h4-10,13-16H,2H2,1,3H3,(H3,32,34,35,36)/b17-4+,20-13+. The van der Waals surface area contributed by atoms with Gasteiger partial charge in [-0.2, -0.15) is 0 Å². The molecule has 11 heteroatoms. The minimum atomic E-state index is -0.767. The number of fused-ring (bicyclic) bond motifs is 1. The fourth-order valence-electron chi connectivity index (χ4n) is 3.66. The van der Waals surface area contributed by atoms with Gasteiger partial charge >= 0.3 is 0 Å². The number of pyridine rings is 1. The van der Waals surface area contributed by atoms with Gasteiger partial charge in [-0.05, 0) is 56.2 Å². The molecule has 0 aliphatic rings. The molecule has 1 aromatic carbocycles. The number of hydrogen-bond donors (Lipinski definition) is 2. The normalized spacial score (nSPS) is 12.5. The smallest absolute Gasteiger partial charge is 0.269 e. The predicted molar refractivity (Wildman–Crippen MR) is 144 cm³/mol. The summed E-state index contributed by atoms with van der Waals surface area (Å²) in [6.07, 6.45) is 5.82. The molecule has 0 saturated carbocycles. The zero-order chi connectivity index (χ0) is 28.1. The first-order valence-electron chi connectivity index (χ1n) is 11.6. The molecule has 3 aromatic heterocycles. The number of rotatable bonds is 6. The van der Waals surface area contributed by atoms with Crippen LogP contribution in [-0.4, -0.2) is 24.5 Å². The van der Waals surface area contributed by atoms with Crippen LogP contribution in [0.3, 0.4) is 0 Å². The van der Waals surface area contributed by atoms with Gasteiger partial charge in [-0.15, -0.1) is 0 Å². The number of halogens is 3. The monoisotopic (exact) mass is 529 g/mol. The molecule has 1 unspecified atom stereocenters. The van der Waals surface area contributed by atoms with E-state index < -0.39 is 29.1 Å². The highest BCUT2D eigenvalue weighted by Gasteiger charge is 2.22. The van der Waals surface area contributed by atoms with E-state index in [9.17, 15) is 18.0 Å². The fraction of sp³-hybridized carbons (Fsp3) is 0.107. The lowest BCUT2D eigenvalue weighted by molar-refractivity contribution is 0.621. The van der Waals surface area contributed by atoms with Crippen LogP contribution in [-0.2, 0) is 0 Å². The first-order chi connectivity index (χ1) is 18.7. The van der Waals surface area contributed by atoms with Gasteiger partial charge in [0.05, 0.1) is 23.5 Å². The van der Waals surface area contributed by atoms with Gasteiger partial charge in [-0.1, -0.05) is 24.6 Å². The van der Waals surface area contributed by atoms with Crippen LogP contribution in [0.5, 0.6) is 0 Å². The fourth-order valence-corrected chi connectivity index (χ4v) is 3.66. The molecule has 0 amide bonds. The van der Waals surface area contributed by atoms with Gasteiger partial charge in [0, 0.05) is 0 Å². The van der Waals surface area contributed by atoms with Crippen molar-refractivity contribution in [2.45, 2.75) is 19.9 Å². The van der Waals surface area contributed by atoms with Crippen molar-refractivity contribution in [2.24, 2.45) is 0 Å². The number of benzene rings is 1. The summed E-state index contributed by atoms with van der Waals surface area (Å²) in [7, 11) is 0. The van der Waals surface area contributed by atoms with E-state index in [1.807, 2.05) is 0 Å². The third-order valence-electron chi connectivity index (χ3n) is 5.56. The van der Waals surface area contributed by atoms with E-state index in [4.69, 9.17) is 5.73 Å². The number of hydrogen-bond acceptors (Lipinski definition) is 7. The second kappa shape index (κ2) is 11.4. The molecule has 3 heterocycles. The number of nitrogens with zero attached hydrogens (tertiary/aromatic N) is 5. The summed E-state index contributed by atoms with van der Waals surface area (Å²) in [6, 6.07) is 5.94. The van der Waals surface area contributed by atoms with E-state index in [0.29, 0.717) is 0 Å². The molecule has 0 aliphatic heterocycles. The third kappa shape index (κ3) is 5.70. The summed E-state index contributed by atoms with van der Waals surface area (Å²) in [4.78, 5) is 30.1. The molecule has 0 spiro atoms. The molecule has 1 atom stereocenters. The lowest BCUT2D eigenvalue weighted by Gasteiger charge is -2.21. The number of nitrogens with two attached hydrogens (primary N) is 1. The van der Waals surface area contributed by atoms with Crippen molar-refractivity contribution < 1.29 is 13.2 Å². The highest BCUT2D eigenvalue weighted by molar-refractivity contribution is 5.80. The summed E-state index contributed by atoms with van der Waals surface area (Å²) >= 11 is 0. The van der Waals surface area contributed by atoms with Crippen LogP contribution in [0.4, 0.5) is 24.8 Å². The maximum absolute atomic E-state index is 14.7. The van der Waals surface area contributed by atoms with Crippen molar-refractivity contribution in [3.63, 3.8) is 0 Å². The van der Waals surface area contributed by atoms with E-state index in [1.54, 1.807) is 6.92 Å². The molecule has 196 valence electrons. The van der Waals surface area contributed by atoms with Crippen LogP contribution in [0.2, 0.25) is 0 Å². The van der Waals surface area contributed by atoms with E-state index in [1.165, 1.54) is 49.7 Å². The maximum atomic E-state index is 14.7. The quantitative estimate of drug-likeness (QED) is 0.270. The van der Waals surface area contributed by atoms with Crippen LogP contribution >= 0.6 is 0 Å². The van der Waals surface area contributed by atoms with Gasteiger partial charge in [-0.25, -0.2) is 33.1 Å². The Morgan fingerprint density at radius 1 is 1.18 bits per heavy atom. The van der Waals surface area contributed by atoms with Gasteiger partial charge in [0.25, 0.3) is 5.56 Å². The number of nitrogens with one attached hydrogen (secondary N) is 1. The highest BCUT2D eigenvalue weighted by Crippen LogP contribution is 2.25. The Morgan fingerprint density at radius 2 is 1.97 bits per heavy atom. The Hall–Kier alpha value is -5.24. The highest BCUT2D eigenvalue weighted by atomic mass is 19.1. The Labute approximate surface area is 221 Å². The van der Waals surface area contributed by atoms with E-state index in [0.717, 1.165) is 22.9 Å². The van der Waals surface area contributed by atoms with Gasteiger partial charge in [-0.3, -0.25) is 9.36 Å². The van der Waals surface area contributed by atoms with E-state index >= 15 is 0 Å². The summed E-state index contributed by atoms with van der Waals surface area (Å²) < 4.78 is 43.2. The Balaban J connectivity index is 1.86. The molecular weight excluding hydrogens is 507 g/mol. The van der Waals surface area contributed by atoms with Crippen molar-refractivity contribution in [3.05, 3.63) is 113 Å². The molecule has 39 heavy (non-hydrogen) atoms. The molecule has 4 rings (SSSR count). The molecule has 4 aromatic rings. The topological polar surface area (TPSA) is 112 Å². The molecule has 3 N–H and O–H groups in total. The van der Waals surface area contributed by atoms with Crippen molar-refractivity contribution in [3.8, 4) is 11.8 Å². The maximum Gasteiger partial charge on any atom is 0.269 e. The van der Waals surface area contributed by atoms with Crippen molar-refractivity contribution >= 4 is 28.2 Å². The van der Waals surface area contributed by atoms with Crippen LogP contribution < -0.4 is 16.6 Å². The van der Waals surface area contributed by atoms with Crippen LogP contribution in [0, 0.1) is 23.5 Å². The molecule has 0 radical (unpaired) electrons. The van der Waals surface area contributed by atoms with Crippen molar-refractivity contribution in [1.29, 1.82) is 0 Å². The molecule has 0 bridgehead atoms. The van der Waals surface area contributed by atoms with Crippen molar-refractivity contribution in [1.82, 2.24) is 24.5 Å². The summed E-state index contributed by atoms with van der Waals surface area (Å²) in [5.41, 5.74) is 5.96. The van der Waals surface area contributed by atoms with Crippen LogP contribution in [0.15, 0.2) is 78.3 Å². The first kappa shape index (κ1) is 26.8. The van der Waals surface area contributed by atoms with Crippen molar-refractivity contribution in [2.75, 3.05) is 11.1 Å². The third-order valence-corrected chi connectivity index (χ3v) is 5.56. The number of anilines is 2. The molecule has 8 nitrogen and oxygen atoms in total. The average Bonchev–Trinajstić information content (AvgIpc) is 2.92. The van der Waals surface area contributed by atoms with E-state index in [2.05, 4.69) is 43.7 Å². The number of allylic oxidation sites excluding steroid dienone is 5. The van der Waals surface area contributed by atoms with E-state index in [-0.39, 0.29) is 45.3 Å². The second-order valence-corrected chi connectivity index (χ2v) is 8.15. The molecule has 0 saturated heterocycles. The van der Waals surface area contributed by atoms with Gasteiger partial charge in [0.15, 0.2) is 0 Å². The Morgan fingerprint density at radius 3 is 2.67 bits per heavy atom. The van der Waals surface area contributed by atoms with Gasteiger partial charge < -0.3 is 11.1 Å². The SMILES string of the molecule is C=C/C(=C\C(F)=C/C)n1c(C(C)Nc2ncnc(N)c2C#Cc2ccc(F)cn2)nc2cccc(F)c2c1=O. The molecule has 0 fully saturated rings. The Kier molecular flexibility index (Phi) is 7.86. The summed E-state index contributed by atoms with van der Waals surface area (Å²) in [5.74, 6) is 4.08. The number of nitrogen functional groups attached to an aromatic ring is 1. The minimum absolute atomic E-state index is 0.0431. The zero-order valence-electron chi connectivity index (χ0n) is 20.9. The minimum Gasteiger partial charge on any atom is -0.382 e. The zero-order valence-corrected chi connectivity index (χ0v) is 20.9. The lowest BCUT2D eigenvalue weighted by Crippen LogP contribution is -2.28. The molecular formula is C28H22F3N7O. The van der Waals surface area contributed by atoms with Crippen LogP contribution in [0.1, 0.15) is 37.0 Å². The summed E-state index contributed by atoms with van der Waals surface area (Å²) in [5, 5.41) is 2.85. The second-order valence-electron chi connectivity index (χ2n) is 8.15. The Bertz CT molecular complexity index is 1750. The lowest BCUT2D eigenvalue weighted by atomic mass is 10.2. The number of aromatic nitrogens is 5. The van der Waals surface area contributed by atoms with Crippen LogP contribution in [0.25, 0.3) is 16.6 Å². The first-order valence-corrected chi connectivity index (χ1v) is 11.6. The largest absolute Gasteiger partial charge is 0.382 e.